The van der Waals surface area contributed by atoms with Gasteiger partial charge in [-0.15, -0.1) is 0 Å². The molecule has 0 unspecified atom stereocenters. The standard InChI is InChI=1S/3C35H39N.C32H33NO/c3*1-24-21-29(36(27-15-11-9-12-16-27)28-17-13-10-14-18-28)22-25(2)32(24)26-19-20-30-31(23-26)34(5,6)35(7,8)33(30,3)4;1-22-19-27(33(25-13-9-7-10-14-25)26-15-11-8-12-16-26)20-23(2)30(22)24-17-18-29-28(21-24)31(3,4)32(5,6)34-29/h3*9-23H,1-8H3;7-21H,1-6H3/i3D3,4D3,5D3,6D3,7D3,8D3;19D,20D,23D;;. The van der Waals surface area contributed by atoms with E-state index in [4.69, 9.17) is 32.2 Å². The number of hydrogen-bond donors (Lipinski definition) is 0. The molecule has 5 nitrogen and oxygen atoms in total. The fourth-order valence-electron chi connectivity index (χ4n) is 22.5. The van der Waals surface area contributed by atoms with Gasteiger partial charge in [-0.3, -0.25) is 0 Å². The molecule has 0 amide bonds. The zero-order valence-corrected chi connectivity index (χ0v) is 87.1. The minimum atomic E-state index is -4.44. The zero-order valence-electron chi connectivity index (χ0n) is 108. The molecule has 4 aliphatic rings. The van der Waals surface area contributed by atoms with Gasteiger partial charge in [-0.05, 0) is 398 Å². The lowest BCUT2D eigenvalue weighted by atomic mass is 9.59. The minimum Gasteiger partial charge on any atom is -0.487 e. The van der Waals surface area contributed by atoms with Gasteiger partial charge in [0.2, 0.25) is 0 Å². The maximum Gasteiger partial charge on any atom is 0.124 e. The maximum absolute atomic E-state index is 9.50. The highest BCUT2D eigenvalue weighted by molar-refractivity contribution is 5.88. The predicted octanol–water partition coefficient (Wildman–Crippen LogP) is 39.0. The summed E-state index contributed by atoms with van der Waals surface area (Å²) in [7, 11) is 0. The van der Waals surface area contributed by atoms with Gasteiger partial charge < -0.3 is 24.3 Å². The Hall–Kier alpha value is -13.5. The van der Waals surface area contributed by atoms with E-state index in [1.54, 1.807) is 13.8 Å². The van der Waals surface area contributed by atoms with E-state index in [9.17, 15) is 1.37 Å². The predicted molar refractivity (Wildman–Crippen MR) is 611 cm³/mol. The van der Waals surface area contributed by atoms with Gasteiger partial charge in [0.25, 0.3) is 0 Å². The second-order valence-corrected chi connectivity index (χ2v) is 43.8. The summed E-state index contributed by atoms with van der Waals surface area (Å²) in [5.41, 5.74) is 18.8. The van der Waals surface area contributed by atoms with E-state index in [0.717, 1.165) is 85.5 Å². The molecule has 3 aliphatic carbocycles. The number of rotatable bonds is 16. The van der Waals surface area contributed by atoms with E-state index in [-0.39, 0.29) is 61.2 Å². The zero-order chi connectivity index (χ0) is 119. The number of anilines is 12. The van der Waals surface area contributed by atoms with Crippen LogP contribution in [0.4, 0.5) is 68.2 Å². The number of para-hydroxylation sites is 8. The lowest BCUT2D eigenvalue weighted by Crippen LogP contribution is -2.42. The minimum absolute atomic E-state index is 0.0580. The Morgan fingerprint density at radius 2 is 0.430 bits per heavy atom. The Kier molecular flexibility index (Phi) is 20.1. The van der Waals surface area contributed by atoms with Crippen molar-refractivity contribution in [2.45, 2.75) is 251 Å². The topological polar surface area (TPSA) is 22.2 Å². The molecule has 16 aromatic carbocycles. The van der Waals surface area contributed by atoms with Crippen LogP contribution in [-0.2, 0) is 37.9 Å². The van der Waals surface area contributed by atoms with Gasteiger partial charge >= 0.3 is 0 Å². The first kappa shape index (κ1) is 76.3. The average Bonchev–Trinajstić information content (AvgIpc) is 1.44. The molecule has 0 saturated heterocycles. The van der Waals surface area contributed by atoms with Crippen LogP contribution >= 0.6 is 0 Å². The van der Waals surface area contributed by atoms with Gasteiger partial charge in [0.1, 0.15) is 11.4 Å². The van der Waals surface area contributed by atoms with Crippen molar-refractivity contribution in [3.63, 3.8) is 0 Å². The molecule has 0 spiro atoms. The number of benzene rings is 16. The smallest absolute Gasteiger partial charge is 0.124 e. The lowest BCUT2D eigenvalue weighted by molar-refractivity contribution is 0.0712. The molecule has 5 heteroatoms. The van der Waals surface area contributed by atoms with Crippen molar-refractivity contribution in [1.82, 2.24) is 0 Å². The van der Waals surface area contributed by atoms with Crippen LogP contribution in [0.3, 0.4) is 0 Å². The summed E-state index contributed by atoms with van der Waals surface area (Å²) in [6, 6.07) is 117. The average molecular weight is 1890 g/mol. The van der Waals surface area contributed by atoms with Crippen molar-refractivity contribution in [3.8, 4) is 50.3 Å². The summed E-state index contributed by atoms with van der Waals surface area (Å²) in [6.45, 7) is 28.1. The monoisotopic (exact) mass is 1890 g/mol. The van der Waals surface area contributed by atoms with Crippen LogP contribution in [0.25, 0.3) is 44.5 Å². The molecular weight excluding hydrogens is 1720 g/mol. The Bertz CT molecular complexity index is 7990. The SMILES string of the molecule is Cc1cc(N(c2ccccc2)c2ccccc2)cc(C)c1-c1ccc2c(c1)C(C)(C)C(C)(C)C2(C)C.Cc1cc(N(c2ccccc2)c2ccccc2)cc(C)c1-c1ccc2c(c1)C(C)(C)C(C)(C)O2.[2H]C([2H])([2H])C1(C([2H])([2H])[2H])c2ccc(-c3c(C)cc(N(c4ccccc4)c4ccccc4)cc3C)cc2C(C([2H])([2H])[2H])(C([2H])([2H])[2H])C1(C([2H])([2H])[2H])C([2H])([2H])[2H].[2H]c1c([2H])c2c(c([2H])c1-c1c(C)cc(N(c3ccccc3)c3ccccc3)cc1C)C(C)(C)C(C)(C)C2(C)C. The molecule has 0 bridgehead atoms. The van der Waals surface area contributed by atoms with Crippen LogP contribution < -0.4 is 24.3 Å². The Balaban J connectivity index is 0.000000148. The Morgan fingerprint density at radius 3 is 0.711 bits per heavy atom. The van der Waals surface area contributed by atoms with Crippen molar-refractivity contribution in [3.05, 3.63) is 447 Å². The second kappa shape index (κ2) is 37.4. The van der Waals surface area contributed by atoms with Gasteiger partial charge in [0.15, 0.2) is 0 Å². The van der Waals surface area contributed by atoms with E-state index in [0.29, 0.717) is 34.0 Å². The van der Waals surface area contributed by atoms with Crippen molar-refractivity contribution in [1.29, 1.82) is 0 Å². The van der Waals surface area contributed by atoms with Crippen LogP contribution in [0.15, 0.2) is 364 Å². The summed E-state index contributed by atoms with van der Waals surface area (Å²) < 4.78 is 191. The van der Waals surface area contributed by atoms with E-state index in [1.807, 2.05) is 114 Å². The van der Waals surface area contributed by atoms with E-state index in [2.05, 4.69) is 385 Å². The van der Waals surface area contributed by atoms with Crippen LogP contribution in [-0.4, -0.2) is 5.60 Å². The number of aryl methyl sites for hydroxylation is 8. The molecule has 0 aromatic heterocycles. The molecule has 0 fully saturated rings. The summed E-state index contributed by atoms with van der Waals surface area (Å²) in [5.74, 6) is 1.00. The fraction of sp³-hybridized carbons (Fsp3) is 0.299. The Labute approximate surface area is 881 Å². The quantitative estimate of drug-likeness (QED) is 0.0959. The van der Waals surface area contributed by atoms with Crippen LogP contribution in [0.5, 0.6) is 5.75 Å². The van der Waals surface area contributed by atoms with E-state index in [1.165, 1.54) is 90.0 Å². The Morgan fingerprint density at radius 1 is 0.197 bits per heavy atom. The fourth-order valence-corrected chi connectivity index (χ4v) is 22.5. The van der Waals surface area contributed by atoms with E-state index < -0.39 is 68.5 Å². The third kappa shape index (κ3) is 17.2. The molecule has 1 heterocycles. The molecule has 1 aliphatic heterocycles. The van der Waals surface area contributed by atoms with Crippen LogP contribution in [0.1, 0.15) is 264 Å². The van der Waals surface area contributed by atoms with Crippen molar-refractivity contribution in [2.24, 2.45) is 16.2 Å². The molecule has 20 rings (SSSR count). The van der Waals surface area contributed by atoms with Crippen LogP contribution in [0, 0.1) is 71.6 Å². The highest BCUT2D eigenvalue weighted by Gasteiger charge is 2.60. The summed E-state index contributed by atoms with van der Waals surface area (Å²) in [5, 5.41) is 0. The van der Waals surface area contributed by atoms with Gasteiger partial charge in [-0.25, -0.2) is 0 Å². The number of hydrogen-bond acceptors (Lipinski definition) is 5. The van der Waals surface area contributed by atoms with E-state index >= 15 is 0 Å². The van der Waals surface area contributed by atoms with Gasteiger partial charge in [0, 0.05) is 104 Å². The van der Waals surface area contributed by atoms with Crippen molar-refractivity contribution < 1.29 is 33.5 Å². The second-order valence-electron chi connectivity index (χ2n) is 43.8. The highest BCUT2D eigenvalue weighted by Crippen LogP contribution is 2.66. The first-order valence-corrected chi connectivity index (χ1v) is 49.7. The summed E-state index contributed by atoms with van der Waals surface area (Å²) >= 11 is 0. The molecular formula is C137H150N4O. The summed E-state index contributed by atoms with van der Waals surface area (Å²) in [6.07, 6.45) is 0. The highest BCUT2D eigenvalue weighted by atomic mass is 16.5. The third-order valence-electron chi connectivity index (χ3n) is 33.5. The summed E-state index contributed by atoms with van der Waals surface area (Å²) in [4.78, 5) is 8.90. The molecule has 0 atom stereocenters. The first-order chi connectivity index (χ1) is 75.8. The molecule has 724 valence electrons. The van der Waals surface area contributed by atoms with Gasteiger partial charge in [-0.1, -0.05) is 344 Å². The number of nitrogens with zero attached hydrogens (tertiary/aromatic N) is 4. The molecule has 16 aromatic rings. The normalized spacial score (nSPS) is 19.3. The molecule has 0 radical (unpaired) electrons. The first-order valence-electron chi connectivity index (χ1n) is 60.2. The van der Waals surface area contributed by atoms with Crippen LogP contribution in [0.2, 0.25) is 0 Å². The number of fused-ring (bicyclic) bond motifs is 4. The number of ether oxygens (including phenoxy) is 1. The molecule has 0 saturated carbocycles. The van der Waals surface area contributed by atoms with Crippen molar-refractivity contribution in [2.75, 3.05) is 19.6 Å². The van der Waals surface area contributed by atoms with Gasteiger partial charge in [0.05, 0.1) is 4.11 Å². The third-order valence-corrected chi connectivity index (χ3v) is 33.5. The molecule has 142 heavy (non-hydrogen) atoms. The maximum atomic E-state index is 9.50. The molecule has 0 N–H and O–H groups in total. The van der Waals surface area contributed by atoms with Crippen molar-refractivity contribution >= 4 is 68.2 Å². The lowest BCUT2D eigenvalue weighted by Gasteiger charge is -2.44. The largest absolute Gasteiger partial charge is 0.487 e. The van der Waals surface area contributed by atoms with Gasteiger partial charge in [-0.2, -0.15) is 0 Å².